The normalized spacial score (nSPS) is 21.3. The van der Waals surface area contributed by atoms with Crippen molar-refractivity contribution in [1.82, 2.24) is 0 Å². The van der Waals surface area contributed by atoms with E-state index in [2.05, 4.69) is 20.8 Å². The van der Waals surface area contributed by atoms with Gasteiger partial charge in [-0.25, -0.2) is 0 Å². The van der Waals surface area contributed by atoms with Crippen LogP contribution in [0.4, 0.5) is 0 Å². The van der Waals surface area contributed by atoms with Crippen LogP contribution in [0.2, 0.25) is 0 Å². The minimum Gasteiger partial charge on any atom is -0.289 e. The third-order valence-corrected chi connectivity index (χ3v) is 3.25. The van der Waals surface area contributed by atoms with Crippen molar-refractivity contribution in [2.75, 3.05) is 0 Å². The van der Waals surface area contributed by atoms with Gasteiger partial charge in [-0.05, 0) is 61.6 Å². The average molecular weight is 186 g/mol. The Morgan fingerprint density at radius 2 is 1.43 bits per heavy atom. The number of allylic oxidation sites excluding steroid dienone is 8. The first-order chi connectivity index (χ1) is 6.54. The van der Waals surface area contributed by atoms with E-state index in [4.69, 9.17) is 0 Å². The highest BCUT2D eigenvalue weighted by Gasteiger charge is 2.28. The summed E-state index contributed by atoms with van der Waals surface area (Å²) in [6.07, 6.45) is 3.58. The van der Waals surface area contributed by atoms with Crippen LogP contribution in [-0.4, -0.2) is 5.78 Å². The second-order valence-corrected chi connectivity index (χ2v) is 4.01. The van der Waals surface area contributed by atoms with Gasteiger partial charge in [0.1, 0.15) is 0 Å². The van der Waals surface area contributed by atoms with Gasteiger partial charge in [0.15, 0.2) is 5.78 Å². The lowest BCUT2D eigenvalue weighted by Crippen LogP contribution is -2.07. The molecule has 72 valence electrons. The summed E-state index contributed by atoms with van der Waals surface area (Å²) >= 11 is 0. The molecule has 0 N–H and O–H groups in total. The van der Waals surface area contributed by atoms with Gasteiger partial charge in [-0.15, -0.1) is 0 Å². The Bertz CT molecular complexity index is 454. The molecule has 14 heavy (non-hydrogen) atoms. The molecule has 0 atom stereocenters. The molecule has 0 aromatic carbocycles. The molecule has 0 saturated carbocycles. The van der Waals surface area contributed by atoms with Crippen molar-refractivity contribution in [2.24, 2.45) is 0 Å². The van der Waals surface area contributed by atoms with Crippen LogP contribution < -0.4 is 0 Å². The average Bonchev–Trinajstić information content (AvgIpc) is 2.38. The lowest BCUT2D eigenvalue weighted by Gasteiger charge is -2.12. The fourth-order valence-electron chi connectivity index (χ4n) is 2.20. The fraction of sp³-hybridized carbons (Fsp3) is 0.308. The molecule has 0 amide bonds. The van der Waals surface area contributed by atoms with Crippen molar-refractivity contribution in [2.45, 2.75) is 27.7 Å². The number of ketones is 1. The zero-order chi connectivity index (χ0) is 10.5. The summed E-state index contributed by atoms with van der Waals surface area (Å²) in [6, 6.07) is 0. The third kappa shape index (κ3) is 0.985. The zero-order valence-electron chi connectivity index (χ0n) is 9.06. The number of hydrogen-bond donors (Lipinski definition) is 0. The second-order valence-electron chi connectivity index (χ2n) is 4.01. The highest BCUT2D eigenvalue weighted by atomic mass is 16.1. The zero-order valence-corrected chi connectivity index (χ0v) is 9.06. The molecule has 0 bridgehead atoms. The second kappa shape index (κ2) is 2.81. The Morgan fingerprint density at radius 1 is 0.786 bits per heavy atom. The Morgan fingerprint density at radius 3 is 2.00 bits per heavy atom. The van der Waals surface area contributed by atoms with Gasteiger partial charge in [0.25, 0.3) is 0 Å². The molecule has 1 heteroatoms. The number of fused-ring (bicyclic) bond motifs is 1. The Balaban J connectivity index is 2.76. The molecule has 0 aromatic rings. The maximum Gasteiger partial charge on any atom is 0.186 e. The van der Waals surface area contributed by atoms with Crippen LogP contribution >= 0.6 is 0 Å². The molecule has 2 aliphatic carbocycles. The van der Waals surface area contributed by atoms with Crippen molar-refractivity contribution in [3.05, 3.63) is 45.6 Å². The Labute approximate surface area is 84.5 Å². The Hall–Kier alpha value is -1.37. The maximum absolute atomic E-state index is 11.7. The summed E-state index contributed by atoms with van der Waals surface area (Å²) in [6.45, 7) is 8.28. The molecule has 0 radical (unpaired) electrons. The van der Waals surface area contributed by atoms with E-state index in [-0.39, 0.29) is 5.78 Å². The summed E-state index contributed by atoms with van der Waals surface area (Å²) in [5.41, 5.74) is 6.94. The third-order valence-electron chi connectivity index (χ3n) is 3.25. The van der Waals surface area contributed by atoms with E-state index < -0.39 is 0 Å². The molecule has 0 aliphatic heterocycles. The van der Waals surface area contributed by atoms with E-state index in [1.165, 1.54) is 16.7 Å². The molecule has 0 saturated heterocycles. The number of carbonyl (C=O) groups excluding carboxylic acids is 1. The van der Waals surface area contributed by atoms with Crippen LogP contribution in [0.3, 0.4) is 0 Å². The Kier molecular flexibility index (Phi) is 1.84. The van der Waals surface area contributed by atoms with Crippen LogP contribution in [0, 0.1) is 0 Å². The van der Waals surface area contributed by atoms with E-state index in [0.717, 1.165) is 16.7 Å². The van der Waals surface area contributed by atoms with Gasteiger partial charge in [-0.3, -0.25) is 4.79 Å². The van der Waals surface area contributed by atoms with E-state index in [1.54, 1.807) is 6.08 Å². The van der Waals surface area contributed by atoms with Crippen molar-refractivity contribution in [3.8, 4) is 0 Å². The molecule has 0 heterocycles. The van der Waals surface area contributed by atoms with Crippen LogP contribution in [-0.2, 0) is 4.79 Å². The molecule has 0 spiro atoms. The molecule has 2 rings (SSSR count). The predicted octanol–water partition coefficient (Wildman–Crippen LogP) is 3.11. The molecular weight excluding hydrogens is 172 g/mol. The lowest BCUT2D eigenvalue weighted by atomic mass is 9.90. The van der Waals surface area contributed by atoms with Gasteiger partial charge in [0.05, 0.1) is 0 Å². The molecule has 0 aromatic heterocycles. The first-order valence-electron chi connectivity index (χ1n) is 4.86. The van der Waals surface area contributed by atoms with Crippen LogP contribution in [0.5, 0.6) is 0 Å². The molecule has 2 aliphatic rings. The van der Waals surface area contributed by atoms with Crippen LogP contribution in [0.25, 0.3) is 0 Å². The lowest BCUT2D eigenvalue weighted by molar-refractivity contribution is -0.111. The van der Waals surface area contributed by atoms with Crippen LogP contribution in [0.15, 0.2) is 45.6 Å². The van der Waals surface area contributed by atoms with E-state index in [0.29, 0.717) is 0 Å². The van der Waals surface area contributed by atoms with Crippen molar-refractivity contribution < 1.29 is 4.79 Å². The number of rotatable bonds is 0. The van der Waals surface area contributed by atoms with E-state index in [9.17, 15) is 4.79 Å². The minimum atomic E-state index is 0.152. The largest absolute Gasteiger partial charge is 0.289 e. The van der Waals surface area contributed by atoms with E-state index in [1.807, 2.05) is 13.0 Å². The molecule has 1 nitrogen and oxygen atoms in total. The SMILES string of the molecule is CC1=C2C(C)=C(C)C(C)=C2C(=O)C=C1. The van der Waals surface area contributed by atoms with Gasteiger partial charge in [0, 0.05) is 5.57 Å². The first kappa shape index (κ1) is 9.20. The summed E-state index contributed by atoms with van der Waals surface area (Å²) in [7, 11) is 0. The summed E-state index contributed by atoms with van der Waals surface area (Å²) in [5, 5.41) is 0. The van der Waals surface area contributed by atoms with Crippen molar-refractivity contribution >= 4 is 5.78 Å². The molecule has 0 fully saturated rings. The molecule has 0 unspecified atom stereocenters. The number of hydrogen-bond acceptors (Lipinski definition) is 1. The van der Waals surface area contributed by atoms with E-state index >= 15 is 0 Å². The van der Waals surface area contributed by atoms with Crippen molar-refractivity contribution in [3.63, 3.8) is 0 Å². The predicted molar refractivity (Wildman–Crippen MR) is 57.9 cm³/mol. The minimum absolute atomic E-state index is 0.152. The monoisotopic (exact) mass is 186 g/mol. The summed E-state index contributed by atoms with van der Waals surface area (Å²) in [4.78, 5) is 11.7. The quantitative estimate of drug-likeness (QED) is 0.568. The highest BCUT2D eigenvalue weighted by molar-refractivity contribution is 6.12. The summed E-state index contributed by atoms with van der Waals surface area (Å²) in [5.74, 6) is 0.152. The van der Waals surface area contributed by atoms with Crippen molar-refractivity contribution in [1.29, 1.82) is 0 Å². The fourth-order valence-corrected chi connectivity index (χ4v) is 2.20. The topological polar surface area (TPSA) is 17.1 Å². The maximum atomic E-state index is 11.7. The van der Waals surface area contributed by atoms with Gasteiger partial charge < -0.3 is 0 Å². The van der Waals surface area contributed by atoms with Gasteiger partial charge in [-0.1, -0.05) is 6.08 Å². The smallest absolute Gasteiger partial charge is 0.186 e. The van der Waals surface area contributed by atoms with Gasteiger partial charge in [0.2, 0.25) is 0 Å². The number of carbonyl (C=O) groups is 1. The summed E-state index contributed by atoms with van der Waals surface area (Å²) < 4.78 is 0. The highest BCUT2D eigenvalue weighted by Crippen LogP contribution is 2.40. The standard InChI is InChI=1S/C13H14O/c1-7-5-6-11(14)13-10(4)8(2)9(3)12(7)13/h5-6H,1-4H3. The van der Waals surface area contributed by atoms with Gasteiger partial charge >= 0.3 is 0 Å². The first-order valence-corrected chi connectivity index (χ1v) is 4.86. The molecular formula is C13H14O. The van der Waals surface area contributed by atoms with Gasteiger partial charge in [-0.2, -0.15) is 0 Å². The van der Waals surface area contributed by atoms with Crippen LogP contribution in [0.1, 0.15) is 27.7 Å².